The van der Waals surface area contributed by atoms with E-state index in [1.165, 1.54) is 0 Å². The fourth-order valence-electron chi connectivity index (χ4n) is 2.51. The molecule has 3 N–H and O–H groups in total. The van der Waals surface area contributed by atoms with Gasteiger partial charge in [-0.3, -0.25) is 0 Å². The van der Waals surface area contributed by atoms with Crippen LogP contribution in [-0.4, -0.2) is 41.8 Å². The van der Waals surface area contributed by atoms with Gasteiger partial charge in [0.15, 0.2) is 0 Å². The summed E-state index contributed by atoms with van der Waals surface area (Å²) in [5, 5.41) is 2.55. The second kappa shape index (κ2) is 6.45. The zero-order valence-electron chi connectivity index (χ0n) is 11.3. The van der Waals surface area contributed by atoms with Crippen LogP contribution in [0.3, 0.4) is 0 Å². The third-order valence-corrected chi connectivity index (χ3v) is 3.27. The van der Waals surface area contributed by atoms with Crippen LogP contribution in [0, 0.1) is 0 Å². The number of likely N-dealkylation sites (tertiary alicyclic amines) is 1. The van der Waals surface area contributed by atoms with E-state index in [0.717, 1.165) is 4.90 Å². The van der Waals surface area contributed by atoms with E-state index >= 15 is 0 Å². The summed E-state index contributed by atoms with van der Waals surface area (Å²) in [5.41, 5.74) is 5.44. The van der Waals surface area contributed by atoms with Gasteiger partial charge >= 0.3 is 12.2 Å². The average molecular weight is 281 g/mol. The monoisotopic (exact) mass is 281 g/mol. The highest BCUT2D eigenvalue weighted by Gasteiger charge is 2.49. The second-order valence-electron chi connectivity index (χ2n) is 5.23. The summed E-state index contributed by atoms with van der Waals surface area (Å²) in [5.74, 6) is 0. The highest BCUT2D eigenvalue weighted by atomic mass is 19.4. The normalized spacial score (nSPS) is 24.7. The van der Waals surface area contributed by atoms with Gasteiger partial charge in [-0.05, 0) is 46.1 Å². The van der Waals surface area contributed by atoms with Crippen molar-refractivity contribution in [3.8, 4) is 0 Å². The molecule has 2 atom stereocenters. The van der Waals surface area contributed by atoms with Gasteiger partial charge < -0.3 is 16.0 Å². The number of rotatable bonds is 3. The first kappa shape index (κ1) is 16.1. The first-order chi connectivity index (χ1) is 8.77. The van der Waals surface area contributed by atoms with Crippen LogP contribution in [-0.2, 0) is 0 Å². The summed E-state index contributed by atoms with van der Waals surface area (Å²) in [6.07, 6.45) is -2.97. The number of nitrogens with zero attached hydrogens (tertiary/aromatic N) is 1. The van der Waals surface area contributed by atoms with Crippen molar-refractivity contribution in [1.29, 1.82) is 0 Å². The number of nitrogens with two attached hydrogens (primary N) is 1. The molecule has 0 radical (unpaired) electrons. The van der Waals surface area contributed by atoms with Crippen LogP contribution in [0.5, 0.6) is 0 Å². The smallest absolute Gasteiger partial charge is 0.336 e. The number of halogens is 3. The summed E-state index contributed by atoms with van der Waals surface area (Å²) >= 11 is 0. The molecular weight excluding hydrogens is 259 g/mol. The van der Waals surface area contributed by atoms with Crippen molar-refractivity contribution in [1.82, 2.24) is 10.2 Å². The lowest BCUT2D eigenvalue weighted by atomic mass is 9.93. The zero-order valence-corrected chi connectivity index (χ0v) is 11.3. The number of alkyl halides is 3. The predicted molar refractivity (Wildman–Crippen MR) is 66.7 cm³/mol. The Labute approximate surface area is 111 Å². The summed E-state index contributed by atoms with van der Waals surface area (Å²) in [6.45, 7) is 3.73. The molecule has 1 rings (SSSR count). The van der Waals surface area contributed by atoms with E-state index in [1.54, 1.807) is 13.8 Å². The van der Waals surface area contributed by atoms with E-state index in [2.05, 4.69) is 5.32 Å². The van der Waals surface area contributed by atoms with E-state index in [1.807, 2.05) is 0 Å². The van der Waals surface area contributed by atoms with Crippen molar-refractivity contribution in [2.75, 3.05) is 6.54 Å². The molecule has 4 nitrogen and oxygen atoms in total. The van der Waals surface area contributed by atoms with Gasteiger partial charge in [-0.2, -0.15) is 13.2 Å². The van der Waals surface area contributed by atoms with Crippen molar-refractivity contribution >= 4 is 6.03 Å². The maximum Gasteiger partial charge on any atom is 0.408 e. The molecule has 0 aromatic heterocycles. The number of hydrogen-bond acceptors (Lipinski definition) is 2. The van der Waals surface area contributed by atoms with Gasteiger partial charge in [0.1, 0.15) is 6.04 Å². The lowest BCUT2D eigenvalue weighted by molar-refractivity contribution is -0.189. The fraction of sp³-hybridized carbons (Fsp3) is 0.917. The molecule has 19 heavy (non-hydrogen) atoms. The number of urea groups is 1. The summed E-state index contributed by atoms with van der Waals surface area (Å²) in [4.78, 5) is 13.0. The minimum absolute atomic E-state index is 0.0317. The Morgan fingerprint density at radius 2 is 2.05 bits per heavy atom. The molecule has 0 bridgehead atoms. The molecule has 1 heterocycles. The van der Waals surface area contributed by atoms with Crippen molar-refractivity contribution in [3.05, 3.63) is 0 Å². The molecule has 2 unspecified atom stereocenters. The summed E-state index contributed by atoms with van der Waals surface area (Å²) in [6, 6.07) is -2.96. The van der Waals surface area contributed by atoms with Gasteiger partial charge in [-0.25, -0.2) is 4.79 Å². The first-order valence-corrected chi connectivity index (χ1v) is 6.63. The number of carbonyl (C=O) groups excluding carboxylic acids is 1. The highest BCUT2D eigenvalue weighted by molar-refractivity contribution is 5.75. The van der Waals surface area contributed by atoms with Crippen molar-refractivity contribution in [2.45, 2.75) is 63.8 Å². The first-order valence-electron chi connectivity index (χ1n) is 6.63. The SMILES string of the molecule is CC(C)NC(=O)N1C(CCN)CCCC1C(F)(F)F. The molecule has 2 amide bonds. The Bertz CT molecular complexity index is 305. The zero-order chi connectivity index (χ0) is 14.6. The van der Waals surface area contributed by atoms with Gasteiger partial charge in [0.25, 0.3) is 0 Å². The maximum absolute atomic E-state index is 13.0. The van der Waals surface area contributed by atoms with Crippen molar-refractivity contribution in [3.63, 3.8) is 0 Å². The van der Waals surface area contributed by atoms with Gasteiger partial charge in [0.2, 0.25) is 0 Å². The number of nitrogens with one attached hydrogen (secondary N) is 1. The minimum Gasteiger partial charge on any atom is -0.336 e. The van der Waals surface area contributed by atoms with Gasteiger partial charge in [0.05, 0.1) is 0 Å². The number of hydrogen-bond donors (Lipinski definition) is 2. The Hall–Kier alpha value is -0.980. The van der Waals surface area contributed by atoms with Crippen LogP contribution in [0.15, 0.2) is 0 Å². The van der Waals surface area contributed by atoms with Crippen LogP contribution in [0.4, 0.5) is 18.0 Å². The van der Waals surface area contributed by atoms with E-state index in [0.29, 0.717) is 19.3 Å². The Balaban J connectivity index is 2.92. The number of amides is 2. The van der Waals surface area contributed by atoms with Crippen LogP contribution in [0.1, 0.15) is 39.5 Å². The predicted octanol–water partition coefficient (Wildman–Crippen LogP) is 2.24. The minimum atomic E-state index is -4.39. The molecular formula is C12H22F3N3O. The van der Waals surface area contributed by atoms with Crippen LogP contribution in [0.2, 0.25) is 0 Å². The Kier molecular flexibility index (Phi) is 5.46. The molecule has 0 aliphatic carbocycles. The third-order valence-electron chi connectivity index (χ3n) is 3.27. The fourth-order valence-corrected chi connectivity index (χ4v) is 2.51. The topological polar surface area (TPSA) is 58.4 Å². The lowest BCUT2D eigenvalue weighted by Crippen LogP contribution is -2.59. The molecule has 7 heteroatoms. The molecule has 0 aromatic carbocycles. The van der Waals surface area contributed by atoms with Crippen molar-refractivity contribution in [2.24, 2.45) is 5.73 Å². The third kappa shape index (κ3) is 4.26. The van der Waals surface area contributed by atoms with Crippen molar-refractivity contribution < 1.29 is 18.0 Å². The van der Waals surface area contributed by atoms with Crippen LogP contribution >= 0.6 is 0 Å². The molecule has 1 aliphatic rings. The van der Waals surface area contributed by atoms with E-state index in [-0.39, 0.29) is 19.0 Å². The Morgan fingerprint density at radius 3 is 2.53 bits per heavy atom. The van der Waals surface area contributed by atoms with Crippen LogP contribution < -0.4 is 11.1 Å². The van der Waals surface area contributed by atoms with Crippen LogP contribution in [0.25, 0.3) is 0 Å². The standard InChI is InChI=1S/C12H22F3N3O/c1-8(2)17-11(19)18-9(6-7-16)4-3-5-10(18)12(13,14)15/h8-10H,3-7,16H2,1-2H3,(H,17,19). The van der Waals surface area contributed by atoms with Gasteiger partial charge in [-0.1, -0.05) is 0 Å². The average Bonchev–Trinajstić information content (AvgIpc) is 2.26. The molecule has 112 valence electrons. The summed E-state index contributed by atoms with van der Waals surface area (Å²) < 4.78 is 39.1. The largest absolute Gasteiger partial charge is 0.408 e. The molecule has 1 aliphatic heterocycles. The molecule has 0 saturated carbocycles. The highest BCUT2D eigenvalue weighted by Crippen LogP contribution is 2.35. The molecule has 0 spiro atoms. The lowest BCUT2D eigenvalue weighted by Gasteiger charge is -2.43. The number of piperidine rings is 1. The quantitative estimate of drug-likeness (QED) is 0.833. The maximum atomic E-state index is 13.0. The molecule has 0 aromatic rings. The second-order valence-corrected chi connectivity index (χ2v) is 5.23. The van der Waals surface area contributed by atoms with Gasteiger partial charge in [0, 0.05) is 12.1 Å². The van der Waals surface area contributed by atoms with Gasteiger partial charge in [-0.15, -0.1) is 0 Å². The number of carbonyl (C=O) groups is 1. The molecule has 1 fully saturated rings. The van der Waals surface area contributed by atoms with E-state index < -0.39 is 24.3 Å². The van der Waals surface area contributed by atoms with E-state index in [4.69, 9.17) is 5.73 Å². The molecule has 1 saturated heterocycles. The summed E-state index contributed by atoms with van der Waals surface area (Å²) in [7, 11) is 0. The van der Waals surface area contributed by atoms with E-state index in [9.17, 15) is 18.0 Å². The Morgan fingerprint density at radius 1 is 1.42 bits per heavy atom.